The van der Waals surface area contributed by atoms with Gasteiger partial charge in [-0.25, -0.2) is 4.79 Å². The summed E-state index contributed by atoms with van der Waals surface area (Å²) in [4.78, 5) is 13.4. The van der Waals surface area contributed by atoms with E-state index in [0.29, 0.717) is 5.56 Å². The Labute approximate surface area is 145 Å². The van der Waals surface area contributed by atoms with Crippen LogP contribution < -0.4 is 0 Å². The lowest BCUT2D eigenvalue weighted by molar-refractivity contribution is 0.0696. The van der Waals surface area contributed by atoms with Crippen LogP contribution in [0.5, 0.6) is 0 Å². The molecular weight excluding hydrogens is 354 g/mol. The second kappa shape index (κ2) is 6.46. The molecule has 0 radical (unpaired) electrons. The van der Waals surface area contributed by atoms with Crippen molar-refractivity contribution in [1.82, 2.24) is 4.90 Å². The third kappa shape index (κ3) is 3.82. The van der Waals surface area contributed by atoms with Crippen LogP contribution in [-0.4, -0.2) is 29.6 Å². The highest BCUT2D eigenvalue weighted by Gasteiger charge is 2.44. The van der Waals surface area contributed by atoms with E-state index in [1.165, 1.54) is 18.4 Å². The number of aromatic carboxylic acids is 1. The molecule has 0 saturated heterocycles. The minimum Gasteiger partial charge on any atom is -0.478 e. The first kappa shape index (κ1) is 16.2. The minimum absolute atomic E-state index is 0.264. The Balaban J connectivity index is 1.67. The molecule has 1 saturated carbocycles. The van der Waals surface area contributed by atoms with Gasteiger partial charge in [-0.05, 0) is 55.3 Å². The summed E-state index contributed by atoms with van der Waals surface area (Å²) in [7, 11) is 2.10. The molecular formula is C19H20BrNO2. The lowest BCUT2D eigenvalue weighted by Gasteiger charge is -2.24. The molecule has 0 aromatic heterocycles. The first-order valence-corrected chi connectivity index (χ1v) is 8.55. The Bertz CT molecular complexity index is 708. The highest BCUT2D eigenvalue weighted by atomic mass is 79.9. The molecule has 120 valence electrons. The lowest BCUT2D eigenvalue weighted by Crippen LogP contribution is -2.29. The first-order valence-electron chi connectivity index (χ1n) is 7.75. The van der Waals surface area contributed by atoms with E-state index in [-0.39, 0.29) is 5.41 Å². The van der Waals surface area contributed by atoms with Crippen LogP contribution in [0.2, 0.25) is 0 Å². The molecule has 23 heavy (non-hydrogen) atoms. The summed E-state index contributed by atoms with van der Waals surface area (Å²) >= 11 is 3.49. The number of hydrogen-bond acceptors (Lipinski definition) is 2. The van der Waals surface area contributed by atoms with Crippen LogP contribution in [0.15, 0.2) is 53.0 Å². The third-order valence-corrected chi connectivity index (χ3v) is 5.04. The van der Waals surface area contributed by atoms with E-state index < -0.39 is 5.97 Å². The fraction of sp³-hybridized carbons (Fsp3) is 0.316. The maximum Gasteiger partial charge on any atom is 0.335 e. The predicted octanol–water partition coefficient (Wildman–Crippen LogP) is 4.31. The molecule has 0 atom stereocenters. The Kier molecular flexibility index (Phi) is 4.55. The van der Waals surface area contributed by atoms with Crippen molar-refractivity contribution in [3.8, 4) is 0 Å². The van der Waals surface area contributed by atoms with E-state index >= 15 is 0 Å². The number of likely N-dealkylation sites (N-methyl/N-ethyl adjacent to an activating group) is 1. The summed E-state index contributed by atoms with van der Waals surface area (Å²) in [6.07, 6.45) is 2.43. The van der Waals surface area contributed by atoms with E-state index in [1.54, 1.807) is 12.1 Å². The number of rotatable bonds is 6. The molecule has 0 heterocycles. The van der Waals surface area contributed by atoms with Crippen molar-refractivity contribution < 1.29 is 9.90 Å². The molecule has 1 aliphatic rings. The summed E-state index contributed by atoms with van der Waals surface area (Å²) in [5.74, 6) is -0.872. The van der Waals surface area contributed by atoms with Crippen molar-refractivity contribution in [1.29, 1.82) is 0 Å². The lowest BCUT2D eigenvalue weighted by atomic mass is 9.95. The molecule has 0 amide bonds. The van der Waals surface area contributed by atoms with Gasteiger partial charge in [-0.15, -0.1) is 0 Å². The third-order valence-electron chi connectivity index (χ3n) is 4.51. The van der Waals surface area contributed by atoms with Crippen LogP contribution in [-0.2, 0) is 12.0 Å². The molecule has 3 rings (SSSR count). The summed E-state index contributed by atoms with van der Waals surface area (Å²) in [5, 5.41) is 9.09. The molecule has 0 bridgehead atoms. The molecule has 1 aliphatic carbocycles. The molecule has 3 nitrogen and oxygen atoms in total. The summed E-state index contributed by atoms with van der Waals surface area (Å²) < 4.78 is 1.11. The van der Waals surface area contributed by atoms with Gasteiger partial charge in [0.2, 0.25) is 0 Å². The van der Waals surface area contributed by atoms with E-state index in [2.05, 4.69) is 52.1 Å². The van der Waals surface area contributed by atoms with Gasteiger partial charge in [0.1, 0.15) is 0 Å². The highest BCUT2D eigenvalue weighted by Crippen LogP contribution is 2.48. The normalized spacial score (nSPS) is 15.6. The van der Waals surface area contributed by atoms with Crippen molar-refractivity contribution in [2.75, 3.05) is 13.6 Å². The average Bonchev–Trinajstić information content (AvgIpc) is 3.28. The Morgan fingerprint density at radius 2 is 1.91 bits per heavy atom. The van der Waals surface area contributed by atoms with Gasteiger partial charge >= 0.3 is 5.97 Å². The van der Waals surface area contributed by atoms with Crippen LogP contribution in [0.25, 0.3) is 0 Å². The second-order valence-corrected chi connectivity index (χ2v) is 7.38. The van der Waals surface area contributed by atoms with Crippen LogP contribution in [0.4, 0.5) is 0 Å². The Morgan fingerprint density at radius 1 is 1.22 bits per heavy atom. The molecule has 0 aliphatic heterocycles. The zero-order valence-electron chi connectivity index (χ0n) is 13.1. The van der Waals surface area contributed by atoms with Gasteiger partial charge in [-0.2, -0.15) is 0 Å². The number of halogens is 1. The molecule has 1 N–H and O–H groups in total. The highest BCUT2D eigenvalue weighted by molar-refractivity contribution is 9.10. The fourth-order valence-corrected chi connectivity index (χ4v) is 3.44. The van der Waals surface area contributed by atoms with Crippen molar-refractivity contribution >= 4 is 21.9 Å². The molecule has 0 spiro atoms. The smallest absolute Gasteiger partial charge is 0.335 e. The van der Waals surface area contributed by atoms with Gasteiger partial charge in [0, 0.05) is 23.0 Å². The zero-order valence-corrected chi connectivity index (χ0v) is 14.7. The quantitative estimate of drug-likeness (QED) is 0.819. The minimum atomic E-state index is -0.872. The van der Waals surface area contributed by atoms with Gasteiger partial charge in [0.05, 0.1) is 5.56 Å². The molecule has 1 fully saturated rings. The van der Waals surface area contributed by atoms with Crippen molar-refractivity contribution in [2.24, 2.45) is 0 Å². The van der Waals surface area contributed by atoms with Crippen LogP contribution in [0, 0.1) is 0 Å². The Hall–Kier alpha value is -1.65. The van der Waals surface area contributed by atoms with Gasteiger partial charge < -0.3 is 10.0 Å². The van der Waals surface area contributed by atoms with Gasteiger partial charge in [-0.1, -0.05) is 40.2 Å². The first-order chi connectivity index (χ1) is 11.0. The number of carboxylic acid groups (broad SMARTS) is 1. The second-order valence-electron chi connectivity index (χ2n) is 6.47. The number of hydrogen-bond donors (Lipinski definition) is 1. The van der Waals surface area contributed by atoms with E-state index in [4.69, 9.17) is 5.11 Å². The number of benzene rings is 2. The summed E-state index contributed by atoms with van der Waals surface area (Å²) in [5.41, 5.74) is 3.05. The molecule has 2 aromatic carbocycles. The number of carbonyl (C=O) groups is 1. The maximum atomic E-state index is 11.1. The predicted molar refractivity (Wildman–Crippen MR) is 94.8 cm³/mol. The number of nitrogens with zero attached hydrogens (tertiary/aromatic N) is 1. The van der Waals surface area contributed by atoms with E-state index in [9.17, 15) is 4.79 Å². The fourth-order valence-electron chi connectivity index (χ4n) is 3.18. The van der Waals surface area contributed by atoms with E-state index in [0.717, 1.165) is 23.1 Å². The van der Waals surface area contributed by atoms with Crippen LogP contribution in [0.1, 0.15) is 34.3 Å². The molecule has 2 aromatic rings. The number of carboxylic acids is 1. The van der Waals surface area contributed by atoms with Gasteiger partial charge in [0.25, 0.3) is 0 Å². The van der Waals surface area contributed by atoms with Crippen molar-refractivity contribution in [3.63, 3.8) is 0 Å². The van der Waals surface area contributed by atoms with Gasteiger partial charge in [0.15, 0.2) is 0 Å². The summed E-state index contributed by atoms with van der Waals surface area (Å²) in [6.45, 7) is 1.76. The molecule has 4 heteroatoms. The van der Waals surface area contributed by atoms with Crippen molar-refractivity contribution in [3.05, 3.63) is 69.7 Å². The maximum absolute atomic E-state index is 11.1. The monoisotopic (exact) mass is 373 g/mol. The van der Waals surface area contributed by atoms with Crippen LogP contribution in [0.3, 0.4) is 0 Å². The molecule has 0 unspecified atom stereocenters. The van der Waals surface area contributed by atoms with Crippen molar-refractivity contribution in [2.45, 2.75) is 24.8 Å². The average molecular weight is 374 g/mol. The van der Waals surface area contributed by atoms with E-state index in [1.807, 2.05) is 12.1 Å². The van der Waals surface area contributed by atoms with Crippen LogP contribution >= 0.6 is 15.9 Å². The van der Waals surface area contributed by atoms with Gasteiger partial charge in [-0.3, -0.25) is 0 Å². The largest absolute Gasteiger partial charge is 0.478 e. The summed E-state index contributed by atoms with van der Waals surface area (Å²) in [6, 6.07) is 15.8. The standard InChI is InChI=1S/C19H20BrNO2/c1-21(12-14-3-2-4-15(11-14)18(22)23)13-19(9-10-19)16-5-7-17(20)8-6-16/h2-8,11H,9-10,12-13H2,1H3,(H,22,23). The zero-order chi connectivity index (χ0) is 16.4. The Morgan fingerprint density at radius 3 is 2.52 bits per heavy atom. The topological polar surface area (TPSA) is 40.5 Å². The SMILES string of the molecule is CN(Cc1cccc(C(=O)O)c1)CC1(c2ccc(Br)cc2)CC1.